The van der Waals surface area contributed by atoms with Crippen molar-refractivity contribution in [2.75, 3.05) is 33.4 Å². The summed E-state index contributed by atoms with van der Waals surface area (Å²) in [5.41, 5.74) is 0. The molecule has 1 N–H and O–H groups in total. The summed E-state index contributed by atoms with van der Waals surface area (Å²) in [7, 11) is 1.79. The topological polar surface area (TPSA) is 24.5 Å². The van der Waals surface area contributed by atoms with E-state index in [1.165, 1.54) is 25.7 Å². The molecule has 2 atom stereocenters. The van der Waals surface area contributed by atoms with Gasteiger partial charge in [-0.25, -0.2) is 0 Å². The lowest BCUT2D eigenvalue weighted by molar-refractivity contribution is 0.0899. The van der Waals surface area contributed by atoms with Crippen molar-refractivity contribution in [2.45, 2.75) is 65.5 Å². The molecule has 0 aliphatic heterocycles. The van der Waals surface area contributed by atoms with Gasteiger partial charge in [-0.1, -0.05) is 13.8 Å². The SMILES string of the molecule is CCCNCCCC(C)N(CCOC)C(C)CC. The standard InChI is InChI=1S/C15H34N2O/c1-6-10-16-11-8-9-15(4)17(12-13-18-5)14(3)7-2/h14-16H,6-13H2,1-5H3. The molecule has 0 aliphatic carbocycles. The summed E-state index contributed by atoms with van der Waals surface area (Å²) in [6, 6.07) is 1.30. The van der Waals surface area contributed by atoms with Gasteiger partial charge in [0.15, 0.2) is 0 Å². The number of nitrogens with zero attached hydrogens (tertiary/aromatic N) is 1. The average molecular weight is 258 g/mol. The Bertz CT molecular complexity index is 176. The Morgan fingerprint density at radius 3 is 2.39 bits per heavy atom. The maximum atomic E-state index is 5.22. The fourth-order valence-electron chi connectivity index (χ4n) is 2.30. The van der Waals surface area contributed by atoms with Gasteiger partial charge in [-0.15, -0.1) is 0 Å². The molecule has 0 aliphatic rings. The van der Waals surface area contributed by atoms with Gasteiger partial charge in [0.05, 0.1) is 6.61 Å². The Morgan fingerprint density at radius 2 is 1.83 bits per heavy atom. The monoisotopic (exact) mass is 258 g/mol. The molecule has 18 heavy (non-hydrogen) atoms. The predicted octanol–water partition coefficient (Wildman–Crippen LogP) is 2.90. The summed E-state index contributed by atoms with van der Waals surface area (Å²) < 4.78 is 5.22. The van der Waals surface area contributed by atoms with Crippen LogP contribution in [0.2, 0.25) is 0 Å². The minimum Gasteiger partial charge on any atom is -0.383 e. The summed E-state index contributed by atoms with van der Waals surface area (Å²) in [6.45, 7) is 13.3. The maximum Gasteiger partial charge on any atom is 0.0589 e. The first-order valence-electron chi connectivity index (χ1n) is 7.62. The van der Waals surface area contributed by atoms with Crippen LogP contribution in [0, 0.1) is 0 Å². The lowest BCUT2D eigenvalue weighted by atomic mass is 10.1. The van der Waals surface area contributed by atoms with Crippen LogP contribution in [0.5, 0.6) is 0 Å². The van der Waals surface area contributed by atoms with Crippen molar-refractivity contribution in [3.63, 3.8) is 0 Å². The summed E-state index contributed by atoms with van der Waals surface area (Å²) >= 11 is 0. The molecule has 0 rings (SSSR count). The van der Waals surface area contributed by atoms with Crippen molar-refractivity contribution in [3.8, 4) is 0 Å². The van der Waals surface area contributed by atoms with E-state index in [0.717, 1.165) is 26.2 Å². The van der Waals surface area contributed by atoms with Gasteiger partial charge in [0.25, 0.3) is 0 Å². The lowest BCUT2D eigenvalue weighted by Crippen LogP contribution is -2.42. The highest BCUT2D eigenvalue weighted by atomic mass is 16.5. The molecule has 0 aromatic carbocycles. The zero-order valence-corrected chi connectivity index (χ0v) is 13.2. The zero-order valence-electron chi connectivity index (χ0n) is 13.2. The Labute approximate surface area is 114 Å². The Kier molecular flexibility index (Phi) is 11.9. The molecule has 0 saturated carbocycles. The van der Waals surface area contributed by atoms with Crippen LogP contribution in [-0.4, -0.2) is 50.3 Å². The molecule has 0 radical (unpaired) electrons. The van der Waals surface area contributed by atoms with Crippen molar-refractivity contribution >= 4 is 0 Å². The van der Waals surface area contributed by atoms with E-state index in [1.807, 2.05) is 0 Å². The van der Waals surface area contributed by atoms with Crippen molar-refractivity contribution in [3.05, 3.63) is 0 Å². The van der Waals surface area contributed by atoms with Gasteiger partial charge in [-0.2, -0.15) is 0 Å². The Balaban J connectivity index is 3.92. The molecule has 0 heterocycles. The zero-order chi connectivity index (χ0) is 13.8. The molecule has 0 spiro atoms. The van der Waals surface area contributed by atoms with Gasteiger partial charge in [0.2, 0.25) is 0 Å². The maximum absolute atomic E-state index is 5.22. The minimum atomic E-state index is 0.651. The first-order chi connectivity index (χ1) is 8.67. The quantitative estimate of drug-likeness (QED) is 0.545. The van der Waals surface area contributed by atoms with Crippen LogP contribution in [0.25, 0.3) is 0 Å². The lowest BCUT2D eigenvalue weighted by Gasteiger charge is -2.34. The second-order valence-electron chi connectivity index (χ2n) is 5.23. The number of ether oxygens (including phenoxy) is 1. The largest absolute Gasteiger partial charge is 0.383 e. The highest BCUT2D eigenvalue weighted by Crippen LogP contribution is 2.12. The highest BCUT2D eigenvalue weighted by molar-refractivity contribution is 4.73. The number of methoxy groups -OCH3 is 1. The third kappa shape index (κ3) is 8.06. The van der Waals surface area contributed by atoms with Crippen LogP contribution in [0.3, 0.4) is 0 Å². The third-order valence-corrected chi connectivity index (χ3v) is 3.68. The van der Waals surface area contributed by atoms with E-state index in [1.54, 1.807) is 7.11 Å². The van der Waals surface area contributed by atoms with Crippen LogP contribution in [0.15, 0.2) is 0 Å². The molecule has 3 heteroatoms. The van der Waals surface area contributed by atoms with Crippen molar-refractivity contribution in [1.29, 1.82) is 0 Å². The van der Waals surface area contributed by atoms with Gasteiger partial charge in [-0.05, 0) is 52.6 Å². The summed E-state index contributed by atoms with van der Waals surface area (Å²) in [6.07, 6.45) is 4.97. The van der Waals surface area contributed by atoms with Crippen LogP contribution in [0.1, 0.15) is 53.4 Å². The van der Waals surface area contributed by atoms with Gasteiger partial charge in [0, 0.05) is 25.7 Å². The fraction of sp³-hybridized carbons (Fsp3) is 1.00. The molecule has 0 saturated heterocycles. The van der Waals surface area contributed by atoms with Gasteiger partial charge in [-0.3, -0.25) is 4.90 Å². The van der Waals surface area contributed by atoms with E-state index in [9.17, 15) is 0 Å². The fourth-order valence-corrected chi connectivity index (χ4v) is 2.30. The Morgan fingerprint density at radius 1 is 1.11 bits per heavy atom. The second-order valence-corrected chi connectivity index (χ2v) is 5.23. The first kappa shape index (κ1) is 17.9. The van der Waals surface area contributed by atoms with Crippen molar-refractivity contribution < 1.29 is 4.74 Å². The molecule has 110 valence electrons. The van der Waals surface area contributed by atoms with Crippen LogP contribution < -0.4 is 5.32 Å². The van der Waals surface area contributed by atoms with Crippen molar-refractivity contribution in [1.82, 2.24) is 10.2 Å². The minimum absolute atomic E-state index is 0.651. The molecule has 2 unspecified atom stereocenters. The van der Waals surface area contributed by atoms with Gasteiger partial charge in [0.1, 0.15) is 0 Å². The second kappa shape index (κ2) is 11.9. The van der Waals surface area contributed by atoms with Gasteiger partial charge >= 0.3 is 0 Å². The number of rotatable bonds is 12. The van der Waals surface area contributed by atoms with Crippen molar-refractivity contribution in [2.24, 2.45) is 0 Å². The smallest absolute Gasteiger partial charge is 0.0589 e. The number of hydrogen-bond donors (Lipinski definition) is 1. The molecular weight excluding hydrogens is 224 g/mol. The summed E-state index contributed by atoms with van der Waals surface area (Å²) in [5, 5.41) is 3.47. The summed E-state index contributed by atoms with van der Waals surface area (Å²) in [5.74, 6) is 0. The molecule has 0 amide bonds. The number of hydrogen-bond acceptors (Lipinski definition) is 3. The number of nitrogens with one attached hydrogen (secondary N) is 1. The van der Waals surface area contributed by atoms with E-state index in [4.69, 9.17) is 4.74 Å². The van der Waals surface area contributed by atoms with E-state index < -0.39 is 0 Å². The first-order valence-corrected chi connectivity index (χ1v) is 7.62. The molecule has 0 bridgehead atoms. The normalized spacial score (nSPS) is 15.0. The molecular formula is C15H34N2O. The van der Waals surface area contributed by atoms with Crippen LogP contribution >= 0.6 is 0 Å². The average Bonchev–Trinajstić information content (AvgIpc) is 2.38. The van der Waals surface area contributed by atoms with E-state index in [2.05, 4.69) is 37.9 Å². The highest BCUT2D eigenvalue weighted by Gasteiger charge is 2.17. The van der Waals surface area contributed by atoms with Crippen LogP contribution in [-0.2, 0) is 4.74 Å². The molecule has 0 aromatic rings. The van der Waals surface area contributed by atoms with E-state index in [-0.39, 0.29) is 0 Å². The van der Waals surface area contributed by atoms with Gasteiger partial charge < -0.3 is 10.1 Å². The van der Waals surface area contributed by atoms with E-state index >= 15 is 0 Å². The molecule has 3 nitrogen and oxygen atoms in total. The van der Waals surface area contributed by atoms with Crippen LogP contribution in [0.4, 0.5) is 0 Å². The molecule has 0 fully saturated rings. The van der Waals surface area contributed by atoms with E-state index in [0.29, 0.717) is 12.1 Å². The summed E-state index contributed by atoms with van der Waals surface area (Å²) in [4.78, 5) is 2.59. The molecule has 0 aromatic heterocycles. The third-order valence-electron chi connectivity index (χ3n) is 3.68. The predicted molar refractivity (Wildman–Crippen MR) is 80.2 cm³/mol. The Hall–Kier alpha value is -0.120.